The number of halogens is 4. The molecule has 0 aromatic carbocycles. The lowest BCUT2D eigenvalue weighted by Gasteiger charge is -2.04. The minimum absolute atomic E-state index is 0.00326. The van der Waals surface area contributed by atoms with Gasteiger partial charge in [0.1, 0.15) is 5.82 Å². The molecule has 23 heavy (non-hydrogen) atoms. The van der Waals surface area contributed by atoms with Gasteiger partial charge < -0.3 is 9.09 Å². The Bertz CT molecular complexity index is 825. The van der Waals surface area contributed by atoms with Gasteiger partial charge in [0.15, 0.2) is 11.5 Å². The van der Waals surface area contributed by atoms with Gasteiger partial charge in [-0.3, -0.25) is 0 Å². The van der Waals surface area contributed by atoms with Gasteiger partial charge in [-0.1, -0.05) is 16.8 Å². The second kappa shape index (κ2) is 5.65. The summed E-state index contributed by atoms with van der Waals surface area (Å²) in [7, 11) is 0. The van der Waals surface area contributed by atoms with Gasteiger partial charge in [0, 0.05) is 24.7 Å². The van der Waals surface area contributed by atoms with Gasteiger partial charge in [0.25, 0.3) is 0 Å². The van der Waals surface area contributed by atoms with E-state index in [1.54, 1.807) is 6.92 Å². The van der Waals surface area contributed by atoms with Crippen molar-refractivity contribution in [3.05, 3.63) is 46.9 Å². The maximum atomic E-state index is 12.9. The molecular weight excluding hydrogens is 335 g/mol. The molecule has 0 spiro atoms. The SMILES string of the molecule is Cc1cc(-c2nc(C(F)(F)F)cn2Cc2ncc(Cl)cn2)on1. The molecule has 0 unspecified atom stereocenters. The fourth-order valence-electron chi connectivity index (χ4n) is 1.91. The van der Waals surface area contributed by atoms with E-state index in [0.29, 0.717) is 10.7 Å². The number of alkyl halides is 3. The van der Waals surface area contributed by atoms with Crippen molar-refractivity contribution in [1.29, 1.82) is 0 Å². The van der Waals surface area contributed by atoms with E-state index in [0.717, 1.165) is 6.20 Å². The van der Waals surface area contributed by atoms with Gasteiger partial charge in [-0.15, -0.1) is 0 Å². The molecular formula is C13H9ClF3N5O. The fraction of sp³-hybridized carbons (Fsp3) is 0.231. The molecule has 0 saturated carbocycles. The number of hydrogen-bond donors (Lipinski definition) is 0. The smallest absolute Gasteiger partial charge is 0.353 e. The second-order valence-electron chi connectivity index (χ2n) is 4.73. The first kappa shape index (κ1) is 15.5. The van der Waals surface area contributed by atoms with Crippen LogP contribution in [0.2, 0.25) is 5.02 Å². The molecule has 0 aliphatic heterocycles. The monoisotopic (exact) mass is 343 g/mol. The second-order valence-corrected chi connectivity index (χ2v) is 5.16. The first-order valence-electron chi connectivity index (χ1n) is 6.37. The lowest BCUT2D eigenvalue weighted by molar-refractivity contribution is -0.140. The molecule has 0 aliphatic rings. The number of aryl methyl sites for hydroxylation is 1. The Morgan fingerprint density at radius 3 is 2.52 bits per heavy atom. The van der Waals surface area contributed by atoms with Crippen molar-refractivity contribution in [2.75, 3.05) is 0 Å². The summed E-state index contributed by atoms with van der Waals surface area (Å²) in [5.41, 5.74) is -0.499. The van der Waals surface area contributed by atoms with Crippen LogP contribution >= 0.6 is 11.6 Å². The van der Waals surface area contributed by atoms with Gasteiger partial charge in [-0.2, -0.15) is 13.2 Å². The molecule has 3 aromatic rings. The van der Waals surface area contributed by atoms with E-state index < -0.39 is 11.9 Å². The Kier molecular flexibility index (Phi) is 3.80. The highest BCUT2D eigenvalue weighted by Gasteiger charge is 2.35. The van der Waals surface area contributed by atoms with Crippen LogP contribution in [-0.2, 0) is 12.7 Å². The van der Waals surface area contributed by atoms with Crippen molar-refractivity contribution < 1.29 is 17.7 Å². The number of rotatable bonds is 3. The number of imidazole rings is 1. The molecule has 0 radical (unpaired) electrons. The van der Waals surface area contributed by atoms with E-state index in [1.165, 1.54) is 23.0 Å². The fourth-order valence-corrected chi connectivity index (χ4v) is 2.01. The van der Waals surface area contributed by atoms with Crippen molar-refractivity contribution in [1.82, 2.24) is 24.7 Å². The highest BCUT2D eigenvalue weighted by atomic mass is 35.5. The number of hydrogen-bond acceptors (Lipinski definition) is 5. The molecule has 0 N–H and O–H groups in total. The van der Waals surface area contributed by atoms with E-state index in [1.807, 2.05) is 0 Å². The zero-order valence-electron chi connectivity index (χ0n) is 11.7. The summed E-state index contributed by atoms with van der Waals surface area (Å²) in [6.07, 6.45) is -0.964. The van der Waals surface area contributed by atoms with Crippen molar-refractivity contribution in [3.63, 3.8) is 0 Å². The van der Waals surface area contributed by atoms with Crippen molar-refractivity contribution >= 4 is 11.6 Å². The minimum Gasteiger partial charge on any atom is -0.353 e. The minimum atomic E-state index is -4.57. The predicted octanol–water partition coefficient (Wildman–Crippen LogP) is 3.36. The van der Waals surface area contributed by atoms with Crippen molar-refractivity contribution in [2.45, 2.75) is 19.6 Å². The molecule has 120 valence electrons. The van der Waals surface area contributed by atoms with Crippen LogP contribution < -0.4 is 0 Å². The Morgan fingerprint density at radius 1 is 1.26 bits per heavy atom. The lowest BCUT2D eigenvalue weighted by Crippen LogP contribution is -2.06. The molecule has 0 bridgehead atoms. The van der Waals surface area contributed by atoms with Crippen LogP contribution in [0.5, 0.6) is 0 Å². The van der Waals surface area contributed by atoms with Gasteiger partial charge >= 0.3 is 6.18 Å². The average Bonchev–Trinajstić information content (AvgIpc) is 3.07. The Labute approximate surface area is 132 Å². The summed E-state index contributed by atoms with van der Waals surface area (Å²) in [5, 5.41) is 4.00. The maximum absolute atomic E-state index is 12.9. The topological polar surface area (TPSA) is 69.6 Å². The van der Waals surface area contributed by atoms with Crippen LogP contribution in [0.4, 0.5) is 13.2 Å². The zero-order valence-corrected chi connectivity index (χ0v) is 12.4. The summed E-state index contributed by atoms with van der Waals surface area (Å²) in [5.74, 6) is 0.418. The summed E-state index contributed by atoms with van der Waals surface area (Å²) < 4.78 is 45.0. The highest BCUT2D eigenvalue weighted by molar-refractivity contribution is 6.30. The predicted molar refractivity (Wildman–Crippen MR) is 73.6 cm³/mol. The van der Waals surface area contributed by atoms with Crippen LogP contribution in [0.15, 0.2) is 29.2 Å². The standard InChI is InChI=1S/C13H9ClF3N5O/c1-7-2-9(23-21-7)12-20-10(13(15,16)17)5-22(12)6-11-18-3-8(14)4-19-11/h2-5H,6H2,1H3. The van der Waals surface area contributed by atoms with Crippen LogP contribution in [0.1, 0.15) is 17.2 Å². The van der Waals surface area contributed by atoms with Crippen LogP contribution in [0, 0.1) is 6.92 Å². The normalized spacial score (nSPS) is 11.9. The Hall–Kier alpha value is -2.42. The van der Waals surface area contributed by atoms with Crippen LogP contribution in [0.25, 0.3) is 11.6 Å². The first-order chi connectivity index (χ1) is 10.8. The van der Waals surface area contributed by atoms with E-state index in [4.69, 9.17) is 16.1 Å². The van der Waals surface area contributed by atoms with Gasteiger partial charge in [0.05, 0.1) is 17.3 Å². The van der Waals surface area contributed by atoms with Gasteiger partial charge in [-0.25, -0.2) is 15.0 Å². The highest BCUT2D eigenvalue weighted by Crippen LogP contribution is 2.31. The third-order valence-corrected chi connectivity index (χ3v) is 3.10. The lowest BCUT2D eigenvalue weighted by atomic mass is 10.3. The Balaban J connectivity index is 2.03. The summed E-state index contributed by atoms with van der Waals surface area (Å²) in [6, 6.07) is 1.50. The molecule has 0 saturated heterocycles. The molecule has 3 heterocycles. The quantitative estimate of drug-likeness (QED) is 0.729. The largest absolute Gasteiger partial charge is 0.434 e. The summed E-state index contributed by atoms with van der Waals surface area (Å²) >= 11 is 5.69. The van der Waals surface area contributed by atoms with Crippen molar-refractivity contribution in [3.8, 4) is 11.6 Å². The number of nitrogens with zero attached hydrogens (tertiary/aromatic N) is 5. The molecule has 3 rings (SSSR count). The van der Waals surface area contributed by atoms with Crippen LogP contribution in [-0.4, -0.2) is 24.7 Å². The van der Waals surface area contributed by atoms with Gasteiger partial charge in [-0.05, 0) is 6.92 Å². The third-order valence-electron chi connectivity index (χ3n) is 2.90. The molecule has 0 atom stereocenters. The summed E-state index contributed by atoms with van der Waals surface area (Å²) in [4.78, 5) is 11.5. The first-order valence-corrected chi connectivity index (χ1v) is 6.75. The van der Waals surface area contributed by atoms with Gasteiger partial charge in [0.2, 0.25) is 5.76 Å². The molecule has 10 heteroatoms. The van der Waals surface area contributed by atoms with Crippen LogP contribution in [0.3, 0.4) is 0 Å². The van der Waals surface area contributed by atoms with E-state index in [9.17, 15) is 13.2 Å². The molecule has 0 fully saturated rings. The van der Waals surface area contributed by atoms with E-state index >= 15 is 0 Å². The third kappa shape index (κ3) is 3.34. The maximum Gasteiger partial charge on any atom is 0.434 e. The molecule has 6 nitrogen and oxygen atoms in total. The Morgan fingerprint density at radius 2 is 1.96 bits per heavy atom. The van der Waals surface area contributed by atoms with Crippen molar-refractivity contribution in [2.24, 2.45) is 0 Å². The summed E-state index contributed by atoms with van der Waals surface area (Å²) in [6.45, 7) is 1.64. The number of aromatic nitrogens is 5. The molecule has 3 aromatic heterocycles. The van der Waals surface area contributed by atoms with E-state index in [-0.39, 0.29) is 24.0 Å². The molecule has 0 amide bonds. The average molecular weight is 344 g/mol. The molecule has 0 aliphatic carbocycles. The van der Waals surface area contributed by atoms with E-state index in [2.05, 4.69) is 20.1 Å². The zero-order chi connectivity index (χ0) is 16.6.